The van der Waals surface area contributed by atoms with Gasteiger partial charge in [-0.2, -0.15) is 0 Å². The van der Waals surface area contributed by atoms with Crippen molar-refractivity contribution in [2.75, 3.05) is 7.11 Å². The fourth-order valence-electron chi connectivity index (χ4n) is 3.39. The first-order valence-electron chi connectivity index (χ1n) is 9.42. The van der Waals surface area contributed by atoms with E-state index in [9.17, 15) is 9.90 Å². The van der Waals surface area contributed by atoms with Crippen molar-refractivity contribution in [1.82, 2.24) is 9.13 Å². The number of nitrogens with zero attached hydrogens (tertiary/aromatic N) is 3. The topological polar surface area (TPSA) is 68.8 Å². The summed E-state index contributed by atoms with van der Waals surface area (Å²) in [6, 6.07) is 17.5. The number of methoxy groups -OCH3 is 1. The number of ether oxygens (including phenoxy) is 1. The number of halogens is 2. The van der Waals surface area contributed by atoms with Gasteiger partial charge in [-0.25, -0.2) is 9.79 Å². The van der Waals surface area contributed by atoms with Crippen LogP contribution in [-0.4, -0.2) is 27.3 Å². The van der Waals surface area contributed by atoms with Gasteiger partial charge in [0.05, 0.1) is 46.0 Å². The summed E-state index contributed by atoms with van der Waals surface area (Å²) in [7, 11) is 3.26. The molecule has 0 atom stereocenters. The number of phenolic OH excluding ortho intramolecular Hbond substituents is 1. The first-order chi connectivity index (χ1) is 14.9. The van der Waals surface area contributed by atoms with Gasteiger partial charge in [-0.3, -0.25) is 0 Å². The molecule has 0 saturated carbocycles. The molecular formula is C23H19Cl2N3O3. The number of imidazole rings is 1. The predicted octanol–water partition coefficient (Wildman–Crippen LogP) is 5.06. The molecule has 1 aromatic heterocycles. The Morgan fingerprint density at radius 1 is 1.00 bits per heavy atom. The summed E-state index contributed by atoms with van der Waals surface area (Å²) < 4.78 is 8.73. The lowest BCUT2D eigenvalue weighted by molar-refractivity contribution is 0.0600. The zero-order chi connectivity index (χ0) is 22.1. The number of aromatic nitrogens is 2. The van der Waals surface area contributed by atoms with E-state index < -0.39 is 0 Å². The van der Waals surface area contributed by atoms with E-state index in [-0.39, 0.29) is 11.7 Å². The molecule has 0 bridgehead atoms. The summed E-state index contributed by atoms with van der Waals surface area (Å²) in [6.07, 6.45) is 0. The number of hydrogen-bond acceptors (Lipinski definition) is 4. The van der Waals surface area contributed by atoms with Gasteiger partial charge < -0.3 is 19.0 Å². The van der Waals surface area contributed by atoms with Gasteiger partial charge in [0.1, 0.15) is 5.75 Å². The highest BCUT2D eigenvalue weighted by Gasteiger charge is 2.14. The molecular weight excluding hydrogens is 437 g/mol. The standard InChI is InChI=1S/C23H19Cl2N3O3/c1-27-20-11-18(24)19(25)12-21(20)28(23(27)26-16-7-9-17(29)10-8-16)13-14-3-5-15(6-4-14)22(30)31-2/h3-12,29H,13H2,1-2H3/b26-23+. The average molecular weight is 456 g/mol. The van der Waals surface area contributed by atoms with Crippen LogP contribution >= 0.6 is 23.2 Å². The number of rotatable bonds is 4. The van der Waals surface area contributed by atoms with E-state index in [4.69, 9.17) is 32.9 Å². The molecule has 3 aromatic carbocycles. The summed E-state index contributed by atoms with van der Waals surface area (Å²) in [5.41, 5.74) is 4.56. The number of fused-ring (bicyclic) bond motifs is 1. The number of carbonyl (C=O) groups is 1. The van der Waals surface area contributed by atoms with Crippen LogP contribution in [0, 0.1) is 0 Å². The van der Waals surface area contributed by atoms with Gasteiger partial charge in [0.15, 0.2) is 0 Å². The highest BCUT2D eigenvalue weighted by Crippen LogP contribution is 2.28. The summed E-state index contributed by atoms with van der Waals surface area (Å²) in [4.78, 5) is 16.5. The molecule has 0 saturated heterocycles. The van der Waals surface area contributed by atoms with E-state index in [1.54, 1.807) is 36.4 Å². The summed E-state index contributed by atoms with van der Waals surface area (Å²) in [5, 5.41) is 10.5. The van der Waals surface area contributed by atoms with Crippen molar-refractivity contribution in [1.29, 1.82) is 0 Å². The molecule has 0 aliphatic heterocycles. The summed E-state index contributed by atoms with van der Waals surface area (Å²) in [5.74, 6) is -0.207. The van der Waals surface area contributed by atoms with Crippen LogP contribution in [0.3, 0.4) is 0 Å². The minimum atomic E-state index is -0.381. The quantitative estimate of drug-likeness (QED) is 0.437. The van der Waals surface area contributed by atoms with Crippen LogP contribution in [0.4, 0.5) is 5.69 Å². The molecule has 8 heteroatoms. The first-order valence-corrected chi connectivity index (χ1v) is 10.2. The van der Waals surface area contributed by atoms with Gasteiger partial charge in [0.25, 0.3) is 0 Å². The predicted molar refractivity (Wildman–Crippen MR) is 121 cm³/mol. The Morgan fingerprint density at radius 3 is 2.23 bits per heavy atom. The third-order valence-corrected chi connectivity index (χ3v) is 5.73. The van der Waals surface area contributed by atoms with E-state index in [0.717, 1.165) is 16.6 Å². The van der Waals surface area contributed by atoms with Gasteiger partial charge in [-0.1, -0.05) is 35.3 Å². The number of carbonyl (C=O) groups excluding carboxylic acids is 1. The van der Waals surface area contributed by atoms with Crippen LogP contribution in [0.25, 0.3) is 11.0 Å². The van der Waals surface area contributed by atoms with Crippen molar-refractivity contribution >= 4 is 45.9 Å². The highest BCUT2D eigenvalue weighted by atomic mass is 35.5. The fraction of sp³-hybridized carbons (Fsp3) is 0.130. The second-order valence-electron chi connectivity index (χ2n) is 7.02. The Kier molecular flexibility index (Phi) is 5.76. The van der Waals surface area contributed by atoms with Crippen LogP contribution in [0.5, 0.6) is 5.75 Å². The summed E-state index contributed by atoms with van der Waals surface area (Å²) >= 11 is 12.6. The van der Waals surface area contributed by atoms with Crippen LogP contribution in [0.15, 0.2) is 65.7 Å². The van der Waals surface area contributed by atoms with Crippen molar-refractivity contribution in [3.05, 3.63) is 87.5 Å². The molecule has 0 fully saturated rings. The zero-order valence-corrected chi connectivity index (χ0v) is 18.4. The molecule has 0 aliphatic carbocycles. The monoisotopic (exact) mass is 455 g/mol. The Bertz CT molecular complexity index is 1340. The van der Waals surface area contributed by atoms with Crippen LogP contribution in [-0.2, 0) is 18.3 Å². The van der Waals surface area contributed by atoms with Crippen molar-refractivity contribution < 1.29 is 14.6 Å². The smallest absolute Gasteiger partial charge is 0.337 e. The maximum absolute atomic E-state index is 11.7. The normalized spacial score (nSPS) is 11.8. The van der Waals surface area contributed by atoms with Gasteiger partial charge in [-0.15, -0.1) is 0 Å². The number of esters is 1. The average Bonchev–Trinajstić information content (AvgIpc) is 3.00. The molecule has 4 rings (SSSR count). The molecule has 0 radical (unpaired) electrons. The van der Waals surface area contributed by atoms with Gasteiger partial charge in [-0.05, 0) is 54.1 Å². The second-order valence-corrected chi connectivity index (χ2v) is 7.83. The Morgan fingerprint density at radius 2 is 1.61 bits per heavy atom. The number of hydrogen-bond donors (Lipinski definition) is 1. The van der Waals surface area contributed by atoms with Crippen molar-refractivity contribution in [2.24, 2.45) is 12.0 Å². The van der Waals surface area contributed by atoms with E-state index in [1.165, 1.54) is 7.11 Å². The largest absolute Gasteiger partial charge is 0.508 e. The maximum atomic E-state index is 11.7. The Balaban J connectivity index is 1.88. The third-order valence-electron chi connectivity index (χ3n) is 5.01. The third kappa shape index (κ3) is 4.17. The fourth-order valence-corrected chi connectivity index (χ4v) is 3.70. The lowest BCUT2D eigenvalue weighted by Crippen LogP contribution is -2.24. The van der Waals surface area contributed by atoms with Gasteiger partial charge in [0, 0.05) is 7.05 Å². The number of phenols is 1. The summed E-state index contributed by atoms with van der Waals surface area (Å²) in [6.45, 7) is 0.494. The van der Waals surface area contributed by atoms with E-state index in [1.807, 2.05) is 40.4 Å². The van der Waals surface area contributed by atoms with E-state index >= 15 is 0 Å². The maximum Gasteiger partial charge on any atom is 0.337 e. The van der Waals surface area contributed by atoms with Gasteiger partial charge in [0.2, 0.25) is 5.62 Å². The zero-order valence-electron chi connectivity index (χ0n) is 16.8. The van der Waals surface area contributed by atoms with Crippen molar-refractivity contribution in [3.63, 3.8) is 0 Å². The molecule has 1 N–H and O–H groups in total. The van der Waals surface area contributed by atoms with E-state index in [0.29, 0.717) is 33.5 Å². The highest BCUT2D eigenvalue weighted by molar-refractivity contribution is 6.42. The molecule has 31 heavy (non-hydrogen) atoms. The molecule has 4 aromatic rings. The molecule has 0 unspecified atom stereocenters. The lowest BCUT2D eigenvalue weighted by atomic mass is 10.1. The van der Waals surface area contributed by atoms with Gasteiger partial charge >= 0.3 is 5.97 Å². The van der Waals surface area contributed by atoms with Crippen molar-refractivity contribution in [2.45, 2.75) is 6.54 Å². The molecule has 0 aliphatic rings. The molecule has 158 valence electrons. The molecule has 0 amide bonds. The SMILES string of the molecule is COC(=O)c1ccc(Cn2/c(=N/c3ccc(O)cc3)n(C)c3cc(Cl)c(Cl)cc32)cc1. The first kappa shape index (κ1) is 21.0. The van der Waals surface area contributed by atoms with Crippen LogP contribution in [0.1, 0.15) is 15.9 Å². The minimum absolute atomic E-state index is 0.174. The van der Waals surface area contributed by atoms with Crippen molar-refractivity contribution in [3.8, 4) is 5.75 Å². The Labute approximate surface area is 188 Å². The minimum Gasteiger partial charge on any atom is -0.508 e. The second kappa shape index (κ2) is 8.49. The van der Waals surface area contributed by atoms with Crippen LogP contribution < -0.4 is 5.62 Å². The van der Waals surface area contributed by atoms with Crippen LogP contribution in [0.2, 0.25) is 10.0 Å². The van der Waals surface area contributed by atoms with E-state index in [2.05, 4.69) is 0 Å². The molecule has 6 nitrogen and oxygen atoms in total. The Hall–Kier alpha value is -3.22. The molecule has 0 spiro atoms. The number of benzene rings is 3. The lowest BCUT2D eigenvalue weighted by Gasteiger charge is -2.07. The number of aryl methyl sites for hydroxylation is 1. The molecule has 1 heterocycles. The number of aromatic hydroxyl groups is 1.